The van der Waals surface area contributed by atoms with Crippen molar-refractivity contribution in [3.63, 3.8) is 0 Å². The first-order valence-electron chi connectivity index (χ1n) is 13.3. The summed E-state index contributed by atoms with van der Waals surface area (Å²) in [5.74, 6) is -0.704. The molecule has 0 aromatic heterocycles. The number of hydrogen-bond donors (Lipinski definition) is 1. The van der Waals surface area contributed by atoms with Gasteiger partial charge in [-0.15, -0.1) is 0 Å². The third-order valence-corrected chi connectivity index (χ3v) is 7.65. The van der Waals surface area contributed by atoms with E-state index in [2.05, 4.69) is 5.32 Å². The van der Waals surface area contributed by atoms with E-state index < -0.39 is 28.5 Å². The first kappa shape index (κ1) is 29.9. The van der Waals surface area contributed by atoms with Gasteiger partial charge in [0.1, 0.15) is 12.6 Å². The number of nitrogens with one attached hydrogen (secondary N) is 1. The van der Waals surface area contributed by atoms with Crippen LogP contribution in [0.15, 0.2) is 78.9 Å². The van der Waals surface area contributed by atoms with Crippen LogP contribution in [-0.4, -0.2) is 50.5 Å². The molecular formula is C31H39N3O4S. The zero-order valence-electron chi connectivity index (χ0n) is 23.3. The fraction of sp³-hybridized carbons (Fsp3) is 0.355. The molecule has 7 nitrogen and oxygen atoms in total. The molecule has 2 amide bonds. The summed E-state index contributed by atoms with van der Waals surface area (Å²) in [6.07, 6.45) is 3.15. The van der Waals surface area contributed by atoms with Gasteiger partial charge in [0.25, 0.3) is 0 Å². The van der Waals surface area contributed by atoms with Crippen molar-refractivity contribution in [3.8, 4) is 0 Å². The summed E-state index contributed by atoms with van der Waals surface area (Å²) in [6, 6.07) is 23.5. The summed E-state index contributed by atoms with van der Waals surface area (Å²) in [5, 5.41) is 2.99. The molecule has 0 aliphatic heterocycles. The van der Waals surface area contributed by atoms with Crippen LogP contribution < -0.4 is 9.62 Å². The number of hydrogen-bond acceptors (Lipinski definition) is 4. The van der Waals surface area contributed by atoms with Crippen LogP contribution in [0.1, 0.15) is 42.0 Å². The van der Waals surface area contributed by atoms with Crippen LogP contribution in [0.5, 0.6) is 0 Å². The van der Waals surface area contributed by atoms with Crippen LogP contribution in [0, 0.1) is 13.8 Å². The van der Waals surface area contributed by atoms with E-state index in [0.29, 0.717) is 18.7 Å². The van der Waals surface area contributed by atoms with Crippen LogP contribution in [0.2, 0.25) is 0 Å². The third-order valence-electron chi connectivity index (χ3n) is 6.50. The average molecular weight is 550 g/mol. The Morgan fingerprint density at radius 1 is 0.872 bits per heavy atom. The van der Waals surface area contributed by atoms with Gasteiger partial charge in [-0.1, -0.05) is 85.6 Å². The molecule has 3 aromatic carbocycles. The fourth-order valence-corrected chi connectivity index (χ4v) is 5.31. The molecule has 0 aliphatic rings. The van der Waals surface area contributed by atoms with Crippen molar-refractivity contribution >= 4 is 27.5 Å². The lowest BCUT2D eigenvalue weighted by Crippen LogP contribution is -2.53. The van der Waals surface area contributed by atoms with E-state index >= 15 is 0 Å². The average Bonchev–Trinajstić information content (AvgIpc) is 2.89. The van der Waals surface area contributed by atoms with Gasteiger partial charge in [0.2, 0.25) is 21.8 Å². The van der Waals surface area contributed by atoms with Crippen LogP contribution in [-0.2, 0) is 32.6 Å². The molecule has 0 spiro atoms. The minimum atomic E-state index is -3.78. The van der Waals surface area contributed by atoms with Crippen molar-refractivity contribution in [2.75, 3.05) is 23.7 Å². The Balaban J connectivity index is 2.03. The summed E-state index contributed by atoms with van der Waals surface area (Å²) < 4.78 is 26.8. The van der Waals surface area contributed by atoms with Crippen LogP contribution in [0.3, 0.4) is 0 Å². The van der Waals surface area contributed by atoms with Gasteiger partial charge in [-0.2, -0.15) is 0 Å². The van der Waals surface area contributed by atoms with Gasteiger partial charge in [-0.05, 0) is 49.1 Å². The Morgan fingerprint density at radius 2 is 1.51 bits per heavy atom. The lowest BCUT2D eigenvalue weighted by molar-refractivity contribution is -0.140. The predicted molar refractivity (Wildman–Crippen MR) is 157 cm³/mol. The SMILES string of the molecule is CCCCNC(=O)C(Cc1ccccc1)N(Cc1cccc(C)c1)C(=O)CN(c1cccc(C)c1)S(C)(=O)=O. The minimum absolute atomic E-state index is 0.171. The highest BCUT2D eigenvalue weighted by molar-refractivity contribution is 7.92. The Hall–Kier alpha value is -3.65. The number of anilines is 1. The van der Waals surface area contributed by atoms with Crippen molar-refractivity contribution in [3.05, 3.63) is 101 Å². The summed E-state index contributed by atoms with van der Waals surface area (Å²) in [4.78, 5) is 29.2. The number of amides is 2. The Kier molecular flexibility index (Phi) is 10.7. The van der Waals surface area contributed by atoms with Gasteiger partial charge >= 0.3 is 0 Å². The Bertz CT molecular complexity index is 1360. The second-order valence-electron chi connectivity index (χ2n) is 9.97. The molecule has 8 heteroatoms. The summed E-state index contributed by atoms with van der Waals surface area (Å²) in [5.41, 5.74) is 4.10. The number of unbranched alkanes of at least 4 members (excludes halogenated alkanes) is 1. The van der Waals surface area contributed by atoms with Crippen molar-refractivity contribution < 1.29 is 18.0 Å². The normalized spacial score (nSPS) is 12.0. The lowest BCUT2D eigenvalue weighted by atomic mass is 10.0. The first-order chi connectivity index (χ1) is 18.6. The maximum Gasteiger partial charge on any atom is 0.244 e. The number of carbonyl (C=O) groups excluding carboxylic acids is 2. The number of aryl methyl sites for hydroxylation is 2. The molecule has 0 saturated carbocycles. The van der Waals surface area contributed by atoms with Gasteiger partial charge in [0, 0.05) is 19.5 Å². The second-order valence-corrected chi connectivity index (χ2v) is 11.9. The fourth-order valence-electron chi connectivity index (χ4n) is 4.46. The molecule has 3 aromatic rings. The summed E-state index contributed by atoms with van der Waals surface area (Å²) >= 11 is 0. The van der Waals surface area contributed by atoms with E-state index in [1.165, 1.54) is 4.90 Å². The van der Waals surface area contributed by atoms with Crippen LogP contribution in [0.4, 0.5) is 5.69 Å². The third kappa shape index (κ3) is 8.96. The topological polar surface area (TPSA) is 86.8 Å². The molecule has 0 saturated heterocycles. The second kappa shape index (κ2) is 13.9. The van der Waals surface area contributed by atoms with E-state index in [-0.39, 0.29) is 12.5 Å². The van der Waals surface area contributed by atoms with E-state index in [1.807, 2.05) is 81.4 Å². The highest BCUT2D eigenvalue weighted by atomic mass is 32.2. The molecule has 0 heterocycles. The van der Waals surface area contributed by atoms with Crippen molar-refractivity contribution in [2.45, 2.75) is 52.6 Å². The quantitative estimate of drug-likeness (QED) is 0.315. The minimum Gasteiger partial charge on any atom is -0.354 e. The molecule has 0 bridgehead atoms. The number of benzene rings is 3. The molecule has 1 unspecified atom stereocenters. The van der Waals surface area contributed by atoms with Gasteiger partial charge in [-0.25, -0.2) is 8.42 Å². The smallest absolute Gasteiger partial charge is 0.244 e. The highest BCUT2D eigenvalue weighted by Crippen LogP contribution is 2.21. The molecule has 0 aliphatic carbocycles. The number of sulfonamides is 1. The van der Waals surface area contributed by atoms with Gasteiger partial charge in [0.05, 0.1) is 11.9 Å². The Morgan fingerprint density at radius 3 is 2.13 bits per heavy atom. The van der Waals surface area contributed by atoms with Gasteiger partial charge < -0.3 is 10.2 Å². The van der Waals surface area contributed by atoms with Crippen LogP contribution in [0.25, 0.3) is 0 Å². The largest absolute Gasteiger partial charge is 0.354 e. The number of nitrogens with zero attached hydrogens (tertiary/aromatic N) is 2. The summed E-state index contributed by atoms with van der Waals surface area (Å²) in [6.45, 7) is 6.15. The first-order valence-corrected chi connectivity index (χ1v) is 15.1. The van der Waals surface area contributed by atoms with Crippen molar-refractivity contribution in [1.82, 2.24) is 10.2 Å². The standard InChI is InChI=1S/C31H39N3O4S/c1-5-6-18-32-31(36)29(21-26-14-8-7-9-15-26)33(22-27-16-10-12-24(2)19-27)30(35)23-34(39(4,37)38)28-17-11-13-25(3)20-28/h7-17,19-20,29H,5-6,18,21-23H2,1-4H3,(H,32,36). The van der Waals surface area contributed by atoms with E-state index in [1.54, 1.807) is 18.2 Å². The molecule has 1 N–H and O–H groups in total. The monoisotopic (exact) mass is 549 g/mol. The van der Waals surface area contributed by atoms with Gasteiger partial charge in [0.15, 0.2) is 0 Å². The maximum atomic E-state index is 14.1. The van der Waals surface area contributed by atoms with E-state index in [0.717, 1.165) is 45.7 Å². The molecule has 39 heavy (non-hydrogen) atoms. The van der Waals surface area contributed by atoms with Crippen molar-refractivity contribution in [1.29, 1.82) is 0 Å². The zero-order chi connectivity index (χ0) is 28.4. The van der Waals surface area contributed by atoms with Crippen LogP contribution >= 0.6 is 0 Å². The highest BCUT2D eigenvalue weighted by Gasteiger charge is 2.33. The molecule has 1 atom stereocenters. The lowest BCUT2D eigenvalue weighted by Gasteiger charge is -2.33. The maximum absolute atomic E-state index is 14.1. The molecule has 0 fully saturated rings. The van der Waals surface area contributed by atoms with Crippen molar-refractivity contribution in [2.24, 2.45) is 0 Å². The molecule has 0 radical (unpaired) electrons. The van der Waals surface area contributed by atoms with Gasteiger partial charge in [-0.3, -0.25) is 13.9 Å². The summed E-state index contributed by atoms with van der Waals surface area (Å²) in [7, 11) is -3.78. The molecule has 3 rings (SSSR count). The van der Waals surface area contributed by atoms with E-state index in [4.69, 9.17) is 0 Å². The zero-order valence-corrected chi connectivity index (χ0v) is 24.1. The predicted octanol–water partition coefficient (Wildman–Crippen LogP) is 4.63. The number of rotatable bonds is 13. The molecular weight excluding hydrogens is 510 g/mol. The number of carbonyl (C=O) groups is 2. The molecule has 208 valence electrons. The Labute approximate surface area is 232 Å². The van der Waals surface area contributed by atoms with E-state index in [9.17, 15) is 18.0 Å².